The molecule has 0 spiro atoms. The van der Waals surface area contributed by atoms with Gasteiger partial charge in [0.25, 0.3) is 0 Å². The Hall–Kier alpha value is -0.450. The summed E-state index contributed by atoms with van der Waals surface area (Å²) in [5.41, 5.74) is 6.17. The van der Waals surface area contributed by atoms with E-state index in [1.54, 1.807) is 6.26 Å². The van der Waals surface area contributed by atoms with Crippen LogP contribution >= 0.6 is 11.8 Å². The molecule has 4 heteroatoms. The van der Waals surface area contributed by atoms with Crippen LogP contribution < -0.4 is 5.73 Å². The predicted octanol–water partition coefficient (Wildman–Crippen LogP) is 1.94. The van der Waals surface area contributed by atoms with Gasteiger partial charge in [-0.25, -0.2) is 0 Å². The first-order valence-corrected chi connectivity index (χ1v) is 6.94. The molecule has 0 saturated carbocycles. The molecule has 2 heterocycles. The van der Waals surface area contributed by atoms with Crippen molar-refractivity contribution in [3.8, 4) is 0 Å². The van der Waals surface area contributed by atoms with Crippen LogP contribution in [0.1, 0.15) is 18.6 Å². The number of thioether (sulfide) groups is 1. The van der Waals surface area contributed by atoms with Crippen LogP contribution in [0.15, 0.2) is 22.8 Å². The number of furan rings is 1. The van der Waals surface area contributed by atoms with Crippen LogP contribution in [0.25, 0.3) is 0 Å². The van der Waals surface area contributed by atoms with Crippen LogP contribution in [0, 0.1) is 0 Å². The van der Waals surface area contributed by atoms with E-state index in [0.29, 0.717) is 0 Å². The van der Waals surface area contributed by atoms with Gasteiger partial charge in [-0.2, -0.15) is 11.8 Å². The second kappa shape index (κ2) is 5.25. The zero-order valence-electron chi connectivity index (χ0n) is 9.82. The second-order valence-electron chi connectivity index (χ2n) is 4.48. The normalized spacial score (nSPS) is 20.2. The Morgan fingerprint density at radius 1 is 1.50 bits per heavy atom. The third kappa shape index (κ3) is 2.44. The molecule has 2 rings (SSSR count). The molecule has 1 aromatic heterocycles. The van der Waals surface area contributed by atoms with Gasteiger partial charge in [0.05, 0.1) is 12.8 Å². The van der Waals surface area contributed by atoms with Crippen molar-refractivity contribution >= 4 is 11.8 Å². The molecule has 0 amide bonds. The van der Waals surface area contributed by atoms with Gasteiger partial charge in [-0.1, -0.05) is 0 Å². The molecule has 0 radical (unpaired) electrons. The second-order valence-corrected chi connectivity index (χ2v) is 5.70. The first-order chi connectivity index (χ1) is 7.77. The Bertz CT molecular complexity index is 307. The average Bonchev–Trinajstić information content (AvgIpc) is 2.82. The van der Waals surface area contributed by atoms with Crippen molar-refractivity contribution in [3.63, 3.8) is 0 Å². The summed E-state index contributed by atoms with van der Waals surface area (Å²) in [7, 11) is 2.16. The number of nitrogens with two attached hydrogens (primary N) is 1. The van der Waals surface area contributed by atoms with Gasteiger partial charge in [-0.05, 0) is 43.5 Å². The van der Waals surface area contributed by atoms with Gasteiger partial charge in [0.1, 0.15) is 5.76 Å². The minimum Gasteiger partial charge on any atom is -0.468 e. The van der Waals surface area contributed by atoms with E-state index in [4.69, 9.17) is 10.2 Å². The minimum absolute atomic E-state index is 0.179. The number of rotatable bonds is 4. The van der Waals surface area contributed by atoms with E-state index in [9.17, 15) is 0 Å². The van der Waals surface area contributed by atoms with Crippen molar-refractivity contribution in [2.24, 2.45) is 5.73 Å². The number of hydrogen-bond donors (Lipinski definition) is 1. The van der Waals surface area contributed by atoms with Gasteiger partial charge in [-0.15, -0.1) is 0 Å². The Kier molecular flexibility index (Phi) is 3.95. The van der Waals surface area contributed by atoms with Gasteiger partial charge in [0, 0.05) is 12.1 Å². The monoisotopic (exact) mass is 240 g/mol. The molecule has 0 bridgehead atoms. The summed E-state index contributed by atoms with van der Waals surface area (Å²) in [6.07, 6.45) is 4.10. The number of nitrogens with zero attached hydrogens (tertiary/aromatic N) is 1. The minimum atomic E-state index is 0.179. The molecule has 1 aliphatic rings. The van der Waals surface area contributed by atoms with Gasteiger partial charge in [-0.3, -0.25) is 4.90 Å². The molecular formula is C12H20N2OS. The molecule has 16 heavy (non-hydrogen) atoms. The van der Waals surface area contributed by atoms with E-state index >= 15 is 0 Å². The number of hydrogen-bond acceptors (Lipinski definition) is 4. The van der Waals surface area contributed by atoms with E-state index in [1.807, 2.05) is 23.9 Å². The van der Waals surface area contributed by atoms with Gasteiger partial charge < -0.3 is 10.2 Å². The molecular weight excluding hydrogens is 220 g/mol. The third-order valence-corrected chi connectivity index (χ3v) is 4.57. The summed E-state index contributed by atoms with van der Waals surface area (Å²) in [4.78, 5) is 2.37. The van der Waals surface area contributed by atoms with E-state index < -0.39 is 0 Å². The Morgan fingerprint density at radius 2 is 2.25 bits per heavy atom. The van der Waals surface area contributed by atoms with Crippen molar-refractivity contribution < 1.29 is 4.42 Å². The molecule has 2 N–H and O–H groups in total. The summed E-state index contributed by atoms with van der Waals surface area (Å²) in [6.45, 7) is 1.60. The topological polar surface area (TPSA) is 42.4 Å². The van der Waals surface area contributed by atoms with E-state index in [-0.39, 0.29) is 5.54 Å². The lowest BCUT2D eigenvalue weighted by Gasteiger charge is -2.43. The molecule has 0 atom stereocenters. The first-order valence-electron chi connectivity index (χ1n) is 5.78. The third-order valence-electron chi connectivity index (χ3n) is 3.59. The lowest BCUT2D eigenvalue weighted by molar-refractivity contribution is 0.0995. The van der Waals surface area contributed by atoms with Gasteiger partial charge >= 0.3 is 0 Å². The summed E-state index contributed by atoms with van der Waals surface area (Å²) in [5.74, 6) is 3.47. The van der Waals surface area contributed by atoms with E-state index in [2.05, 4.69) is 11.9 Å². The molecule has 0 unspecified atom stereocenters. The van der Waals surface area contributed by atoms with Crippen LogP contribution in [0.4, 0.5) is 0 Å². The smallest absolute Gasteiger partial charge is 0.117 e. The summed E-state index contributed by atoms with van der Waals surface area (Å²) < 4.78 is 5.40. The van der Waals surface area contributed by atoms with Crippen LogP contribution in [0.3, 0.4) is 0 Å². The van der Waals surface area contributed by atoms with Crippen LogP contribution in [-0.4, -0.2) is 35.5 Å². The lowest BCUT2D eigenvalue weighted by atomic mass is 9.90. The van der Waals surface area contributed by atoms with Crippen LogP contribution in [0.5, 0.6) is 0 Å². The molecule has 1 fully saturated rings. The Labute approximate surface area is 101 Å². The standard InChI is InChI=1S/C12H20N2OS/c1-14(9-11-3-2-6-15-11)12(10-13)4-7-16-8-5-12/h2-3,6H,4-5,7-10,13H2,1H3. The quantitative estimate of drug-likeness (QED) is 0.873. The lowest BCUT2D eigenvalue weighted by Crippen LogP contribution is -2.53. The summed E-state index contributed by atoms with van der Waals surface area (Å²) in [5, 5.41) is 0. The van der Waals surface area contributed by atoms with Crippen molar-refractivity contribution in [2.45, 2.75) is 24.9 Å². The molecule has 0 aromatic carbocycles. The zero-order valence-corrected chi connectivity index (χ0v) is 10.6. The first kappa shape index (κ1) is 12.0. The fourth-order valence-electron chi connectivity index (χ4n) is 2.30. The molecule has 1 aromatic rings. The van der Waals surface area contributed by atoms with Crippen LogP contribution in [0.2, 0.25) is 0 Å². The van der Waals surface area contributed by atoms with Crippen molar-refractivity contribution in [1.82, 2.24) is 4.90 Å². The predicted molar refractivity (Wildman–Crippen MR) is 68.5 cm³/mol. The van der Waals surface area contributed by atoms with Gasteiger partial charge in [0.2, 0.25) is 0 Å². The van der Waals surface area contributed by atoms with E-state index in [1.165, 1.54) is 24.3 Å². The average molecular weight is 240 g/mol. The fourth-order valence-corrected chi connectivity index (χ4v) is 3.55. The highest BCUT2D eigenvalue weighted by Gasteiger charge is 2.35. The molecule has 1 aliphatic heterocycles. The molecule has 0 aliphatic carbocycles. The number of likely N-dealkylation sites (N-methyl/N-ethyl adjacent to an activating group) is 1. The Morgan fingerprint density at radius 3 is 2.81 bits per heavy atom. The highest BCUT2D eigenvalue weighted by Crippen LogP contribution is 2.31. The maximum absolute atomic E-state index is 5.99. The highest BCUT2D eigenvalue weighted by molar-refractivity contribution is 7.99. The molecule has 1 saturated heterocycles. The Balaban J connectivity index is 2.02. The van der Waals surface area contributed by atoms with Crippen LogP contribution in [-0.2, 0) is 6.54 Å². The van der Waals surface area contributed by atoms with Crippen molar-refractivity contribution in [2.75, 3.05) is 25.1 Å². The largest absolute Gasteiger partial charge is 0.468 e. The highest BCUT2D eigenvalue weighted by atomic mass is 32.2. The van der Waals surface area contributed by atoms with E-state index in [0.717, 1.165) is 18.8 Å². The van der Waals surface area contributed by atoms with Crippen molar-refractivity contribution in [1.29, 1.82) is 0 Å². The summed E-state index contributed by atoms with van der Waals surface area (Å²) in [6, 6.07) is 3.97. The SMILES string of the molecule is CN(Cc1ccco1)C1(CN)CCSCC1. The van der Waals surface area contributed by atoms with Gasteiger partial charge in [0.15, 0.2) is 0 Å². The molecule has 3 nitrogen and oxygen atoms in total. The maximum atomic E-state index is 5.99. The van der Waals surface area contributed by atoms with Crippen molar-refractivity contribution in [3.05, 3.63) is 24.2 Å². The maximum Gasteiger partial charge on any atom is 0.117 e. The summed E-state index contributed by atoms with van der Waals surface area (Å²) >= 11 is 2.03. The zero-order chi connectivity index (χ0) is 11.4. The molecule has 90 valence electrons. The fraction of sp³-hybridized carbons (Fsp3) is 0.667.